The van der Waals surface area contributed by atoms with Crippen molar-refractivity contribution < 1.29 is 26.8 Å². The number of urea groups is 1. The number of carbonyl (C=O) groups is 2. The van der Waals surface area contributed by atoms with Crippen LogP contribution in [0.5, 0.6) is 0 Å². The number of carbonyl (C=O) groups excluding carboxylic acids is 2. The summed E-state index contributed by atoms with van der Waals surface area (Å²) >= 11 is 0. The van der Waals surface area contributed by atoms with Gasteiger partial charge in [-0.3, -0.25) is 4.79 Å². The van der Waals surface area contributed by atoms with Crippen LogP contribution in [0.15, 0.2) is 17.0 Å². The minimum atomic E-state index is -4.48. The molecule has 13 heteroatoms. The average Bonchev–Trinajstić information content (AvgIpc) is 2.69. The Balaban J connectivity index is 1.75. The first-order valence-corrected chi connectivity index (χ1v) is 10.9. The van der Waals surface area contributed by atoms with E-state index in [1.54, 1.807) is 0 Å². The predicted octanol–water partition coefficient (Wildman–Crippen LogP) is 0.165. The van der Waals surface area contributed by atoms with Gasteiger partial charge in [0.25, 0.3) is 10.0 Å². The monoisotopic (exact) mass is 456 g/mol. The third-order valence-electron chi connectivity index (χ3n) is 5.26. The molecule has 4 atom stereocenters. The van der Waals surface area contributed by atoms with Gasteiger partial charge in [0.1, 0.15) is 23.4 Å². The van der Waals surface area contributed by atoms with Crippen molar-refractivity contribution in [3.8, 4) is 6.07 Å². The molecule has 0 aromatic heterocycles. The second-order valence-electron chi connectivity index (χ2n) is 7.46. The van der Waals surface area contributed by atoms with Gasteiger partial charge >= 0.3 is 6.03 Å². The fourth-order valence-electron chi connectivity index (χ4n) is 3.77. The van der Waals surface area contributed by atoms with Crippen molar-refractivity contribution >= 4 is 27.6 Å². The van der Waals surface area contributed by atoms with E-state index in [9.17, 15) is 26.8 Å². The van der Waals surface area contributed by atoms with Crippen LogP contribution in [0.25, 0.3) is 0 Å². The summed E-state index contributed by atoms with van der Waals surface area (Å²) in [5, 5.41) is 16.5. The fourth-order valence-corrected chi connectivity index (χ4v) is 5.40. The number of nitrogens with zero attached hydrogens (tertiary/aromatic N) is 2. The van der Waals surface area contributed by atoms with E-state index in [0.717, 1.165) is 12.1 Å². The Kier molecular flexibility index (Phi) is 6.44. The van der Waals surface area contributed by atoms with Crippen LogP contribution in [0.3, 0.4) is 0 Å². The molecule has 1 aromatic carbocycles. The summed E-state index contributed by atoms with van der Waals surface area (Å²) in [5.41, 5.74) is 5.22. The molecule has 5 N–H and O–H groups in total. The van der Waals surface area contributed by atoms with Crippen LogP contribution in [0, 0.1) is 23.1 Å². The highest BCUT2D eigenvalue weighted by molar-refractivity contribution is 7.90. The smallest absolute Gasteiger partial charge is 0.336 e. The molecule has 2 aliphatic heterocycles. The molecular weight excluding hydrogens is 434 g/mol. The molecule has 0 saturated carbocycles. The van der Waals surface area contributed by atoms with Gasteiger partial charge < -0.3 is 21.7 Å². The molecular formula is C18H22F2N6O4S. The number of rotatable bonds is 5. The largest absolute Gasteiger partial charge is 0.350 e. The van der Waals surface area contributed by atoms with Crippen LogP contribution in [0.2, 0.25) is 0 Å². The Labute approximate surface area is 177 Å². The van der Waals surface area contributed by atoms with Crippen LogP contribution in [0.1, 0.15) is 18.9 Å². The van der Waals surface area contributed by atoms with Crippen molar-refractivity contribution in [2.75, 3.05) is 18.4 Å². The molecule has 2 aliphatic rings. The van der Waals surface area contributed by atoms with Crippen molar-refractivity contribution in [3.63, 3.8) is 0 Å². The summed E-state index contributed by atoms with van der Waals surface area (Å²) in [6.45, 7) is 0.634. The highest BCUT2D eigenvalue weighted by Crippen LogP contribution is 2.33. The standard InChI is InChI=1S/C18H22F2N6O4S/c1-9(16-13(20)2-10(5-21)7-23-16)24-15(27)8-26-18(28)25-14-4-12(19)3-11(6-22)17(14)31(26,29)30/h3-4,9-10,13,16,23H,2,6-8,22H2,1H3,(H,24,27)(H,25,28)/t9-,10?,13?,16?/m1/s1. The van der Waals surface area contributed by atoms with Crippen LogP contribution in [-0.4, -0.2) is 56.0 Å². The lowest BCUT2D eigenvalue weighted by Crippen LogP contribution is -2.58. The second kappa shape index (κ2) is 8.74. The van der Waals surface area contributed by atoms with E-state index in [4.69, 9.17) is 11.0 Å². The van der Waals surface area contributed by atoms with E-state index in [2.05, 4.69) is 16.0 Å². The molecule has 3 unspecified atom stereocenters. The third kappa shape index (κ3) is 4.46. The third-order valence-corrected chi connectivity index (χ3v) is 7.14. The molecule has 0 spiro atoms. The Morgan fingerprint density at radius 2 is 2.19 bits per heavy atom. The number of sulfonamides is 1. The Morgan fingerprint density at radius 3 is 2.81 bits per heavy atom. The lowest BCUT2D eigenvalue weighted by atomic mass is 9.90. The molecule has 0 aliphatic carbocycles. The number of nitrogens with two attached hydrogens (primary N) is 1. The van der Waals surface area contributed by atoms with Crippen LogP contribution in [0.4, 0.5) is 19.3 Å². The number of amides is 3. The molecule has 1 aromatic rings. The molecule has 31 heavy (non-hydrogen) atoms. The fraction of sp³-hybridized carbons (Fsp3) is 0.500. The number of anilines is 1. The highest BCUT2D eigenvalue weighted by Gasteiger charge is 2.40. The van der Waals surface area contributed by atoms with E-state index < -0.39 is 58.5 Å². The van der Waals surface area contributed by atoms with E-state index in [-0.39, 0.29) is 35.7 Å². The number of alkyl halides is 1. The molecule has 1 fully saturated rings. The van der Waals surface area contributed by atoms with Gasteiger partial charge in [0.05, 0.1) is 23.7 Å². The normalized spacial score (nSPS) is 25.7. The van der Waals surface area contributed by atoms with E-state index in [1.165, 1.54) is 6.92 Å². The van der Waals surface area contributed by atoms with E-state index in [1.807, 2.05) is 6.07 Å². The van der Waals surface area contributed by atoms with E-state index >= 15 is 0 Å². The minimum Gasteiger partial charge on any atom is -0.350 e. The number of nitriles is 1. The number of hydrogen-bond acceptors (Lipinski definition) is 7. The van der Waals surface area contributed by atoms with Gasteiger partial charge in [0, 0.05) is 19.1 Å². The summed E-state index contributed by atoms with van der Waals surface area (Å²) in [6.07, 6.45) is -1.36. The zero-order chi connectivity index (χ0) is 22.9. The van der Waals surface area contributed by atoms with Crippen LogP contribution >= 0.6 is 0 Å². The summed E-state index contributed by atoms with van der Waals surface area (Å²) in [4.78, 5) is 24.4. The minimum absolute atomic E-state index is 0.0203. The number of benzene rings is 1. The SMILES string of the molecule is C[C@@H](NC(=O)CN1C(=O)Nc2cc(F)cc(CN)c2S1(=O)=O)C1NCC(C#N)CC1F. The molecule has 168 valence electrons. The maximum Gasteiger partial charge on any atom is 0.336 e. The predicted molar refractivity (Wildman–Crippen MR) is 105 cm³/mol. The topological polar surface area (TPSA) is 157 Å². The molecule has 0 radical (unpaired) electrons. The summed E-state index contributed by atoms with van der Waals surface area (Å²) in [7, 11) is -4.48. The Hall–Kier alpha value is -2.82. The highest BCUT2D eigenvalue weighted by atomic mass is 32.2. The van der Waals surface area contributed by atoms with Gasteiger partial charge in [-0.25, -0.2) is 26.3 Å². The number of piperidine rings is 1. The Morgan fingerprint density at radius 1 is 1.48 bits per heavy atom. The first-order valence-electron chi connectivity index (χ1n) is 9.51. The maximum absolute atomic E-state index is 14.3. The lowest BCUT2D eigenvalue weighted by molar-refractivity contribution is -0.121. The van der Waals surface area contributed by atoms with Crippen molar-refractivity contribution in [1.82, 2.24) is 14.9 Å². The molecule has 10 nitrogen and oxygen atoms in total. The number of fused-ring (bicyclic) bond motifs is 1. The summed E-state index contributed by atoms with van der Waals surface area (Å²) in [5.74, 6) is -2.07. The summed E-state index contributed by atoms with van der Waals surface area (Å²) < 4.78 is 54.3. The molecule has 1 saturated heterocycles. The first kappa shape index (κ1) is 22.9. The van der Waals surface area contributed by atoms with Crippen LogP contribution < -0.4 is 21.7 Å². The zero-order valence-corrected chi connectivity index (χ0v) is 17.4. The van der Waals surface area contributed by atoms with E-state index in [0.29, 0.717) is 4.31 Å². The molecule has 3 rings (SSSR count). The molecule has 0 bridgehead atoms. The lowest BCUT2D eigenvalue weighted by Gasteiger charge is -2.35. The van der Waals surface area contributed by atoms with Crippen molar-refractivity contribution in [3.05, 3.63) is 23.5 Å². The summed E-state index contributed by atoms with van der Waals surface area (Å²) in [6, 6.07) is 1.15. The number of nitrogens with one attached hydrogen (secondary N) is 3. The van der Waals surface area contributed by atoms with Crippen molar-refractivity contribution in [2.45, 2.75) is 43.0 Å². The Bertz CT molecular complexity index is 1040. The maximum atomic E-state index is 14.3. The van der Waals surface area contributed by atoms with Crippen molar-refractivity contribution in [2.24, 2.45) is 11.7 Å². The van der Waals surface area contributed by atoms with Gasteiger partial charge in [-0.15, -0.1) is 0 Å². The van der Waals surface area contributed by atoms with Gasteiger partial charge in [-0.1, -0.05) is 0 Å². The van der Waals surface area contributed by atoms with Gasteiger partial charge in [-0.2, -0.15) is 5.26 Å². The first-order chi connectivity index (χ1) is 14.6. The number of hydrogen-bond donors (Lipinski definition) is 4. The zero-order valence-electron chi connectivity index (χ0n) is 16.6. The van der Waals surface area contributed by atoms with Gasteiger partial charge in [0.2, 0.25) is 5.91 Å². The second-order valence-corrected chi connectivity index (χ2v) is 9.25. The quantitative estimate of drug-likeness (QED) is 0.492. The van der Waals surface area contributed by atoms with Gasteiger partial charge in [-0.05, 0) is 31.0 Å². The molecule has 2 heterocycles. The van der Waals surface area contributed by atoms with Gasteiger partial charge in [0.15, 0.2) is 0 Å². The van der Waals surface area contributed by atoms with Crippen LogP contribution in [-0.2, 0) is 21.4 Å². The number of halogens is 2. The molecule has 3 amide bonds. The van der Waals surface area contributed by atoms with Crippen molar-refractivity contribution in [1.29, 1.82) is 5.26 Å². The average molecular weight is 456 g/mol.